The molecule has 94 valence electrons. The van der Waals surface area contributed by atoms with Crippen LogP contribution in [0.3, 0.4) is 0 Å². The molecule has 2 aromatic rings. The second-order valence-corrected chi connectivity index (χ2v) is 5.85. The van der Waals surface area contributed by atoms with Gasteiger partial charge in [0.1, 0.15) is 4.90 Å². The van der Waals surface area contributed by atoms with Crippen molar-refractivity contribution in [2.45, 2.75) is 4.90 Å². The second kappa shape index (κ2) is 4.86. The molecule has 2 rings (SSSR count). The van der Waals surface area contributed by atoms with Gasteiger partial charge in [-0.2, -0.15) is 5.10 Å². The zero-order valence-electron chi connectivity index (χ0n) is 8.79. The Morgan fingerprint density at radius 1 is 1.28 bits per heavy atom. The molecule has 2 heterocycles. The number of nitrogens with one attached hydrogen (secondary N) is 2. The second-order valence-electron chi connectivity index (χ2n) is 3.25. The Hall–Kier alpha value is -1.74. The van der Waals surface area contributed by atoms with E-state index < -0.39 is 15.6 Å². The lowest BCUT2D eigenvalue weighted by atomic mass is 10.5. The summed E-state index contributed by atoms with van der Waals surface area (Å²) in [6.45, 7) is 0. The third-order valence-corrected chi connectivity index (χ3v) is 3.66. The molecule has 0 aromatic carbocycles. The highest BCUT2D eigenvalue weighted by Gasteiger charge is 2.15. The maximum absolute atomic E-state index is 11.9. The first-order valence-corrected chi connectivity index (χ1v) is 6.94. The molecule has 0 aliphatic heterocycles. The van der Waals surface area contributed by atoms with Crippen molar-refractivity contribution in [3.05, 3.63) is 45.4 Å². The van der Waals surface area contributed by atoms with E-state index in [2.05, 4.69) is 35.8 Å². The highest BCUT2D eigenvalue weighted by Crippen LogP contribution is 2.16. The molecule has 7 nitrogen and oxygen atoms in total. The fourth-order valence-corrected chi connectivity index (χ4v) is 2.64. The van der Waals surface area contributed by atoms with Crippen LogP contribution < -0.4 is 10.3 Å². The first kappa shape index (κ1) is 12.7. The van der Waals surface area contributed by atoms with Gasteiger partial charge in [0.15, 0.2) is 5.82 Å². The van der Waals surface area contributed by atoms with Gasteiger partial charge in [-0.05, 0) is 28.1 Å². The molecule has 18 heavy (non-hydrogen) atoms. The summed E-state index contributed by atoms with van der Waals surface area (Å²) in [5.74, 6) is 0.0228. The van der Waals surface area contributed by atoms with Gasteiger partial charge in [0, 0.05) is 22.9 Å². The lowest BCUT2D eigenvalue weighted by molar-refractivity contribution is 0.600. The van der Waals surface area contributed by atoms with Gasteiger partial charge in [-0.1, -0.05) is 0 Å². The number of H-pyrrole nitrogens is 1. The van der Waals surface area contributed by atoms with Crippen molar-refractivity contribution in [1.82, 2.24) is 15.2 Å². The Morgan fingerprint density at radius 3 is 2.67 bits per heavy atom. The minimum atomic E-state index is -3.78. The summed E-state index contributed by atoms with van der Waals surface area (Å²) in [6.07, 6.45) is 2.68. The number of anilines is 1. The van der Waals surface area contributed by atoms with Crippen molar-refractivity contribution in [2.75, 3.05) is 4.72 Å². The van der Waals surface area contributed by atoms with E-state index in [-0.39, 0.29) is 10.7 Å². The number of nitrogens with zero attached hydrogens (tertiary/aromatic N) is 2. The number of sulfonamides is 1. The first-order chi connectivity index (χ1) is 8.47. The molecule has 0 saturated heterocycles. The van der Waals surface area contributed by atoms with Crippen LogP contribution in [0.25, 0.3) is 0 Å². The Balaban J connectivity index is 2.33. The summed E-state index contributed by atoms with van der Waals surface area (Å²) in [4.78, 5) is 14.5. The number of aromatic nitrogens is 3. The Morgan fingerprint density at radius 2 is 2.06 bits per heavy atom. The quantitative estimate of drug-likeness (QED) is 0.863. The third-order valence-electron chi connectivity index (χ3n) is 1.91. The number of pyridine rings is 1. The molecule has 0 saturated carbocycles. The van der Waals surface area contributed by atoms with Gasteiger partial charge in [-0.3, -0.25) is 14.5 Å². The van der Waals surface area contributed by atoms with Crippen molar-refractivity contribution in [3.8, 4) is 0 Å². The van der Waals surface area contributed by atoms with Gasteiger partial charge < -0.3 is 0 Å². The van der Waals surface area contributed by atoms with E-state index in [0.717, 1.165) is 0 Å². The normalized spacial score (nSPS) is 11.2. The van der Waals surface area contributed by atoms with Crippen molar-refractivity contribution >= 4 is 31.8 Å². The summed E-state index contributed by atoms with van der Waals surface area (Å²) >= 11 is 3.13. The number of halogens is 1. The Bertz CT molecular complexity index is 708. The summed E-state index contributed by atoms with van der Waals surface area (Å²) in [5, 5.41) is 5.68. The number of rotatable bonds is 3. The van der Waals surface area contributed by atoms with Crippen LogP contribution in [0.5, 0.6) is 0 Å². The monoisotopic (exact) mass is 330 g/mol. The van der Waals surface area contributed by atoms with Crippen LogP contribution in [0.15, 0.2) is 44.8 Å². The van der Waals surface area contributed by atoms with Crippen LogP contribution in [0, 0.1) is 0 Å². The van der Waals surface area contributed by atoms with Crippen LogP contribution in [0.4, 0.5) is 5.82 Å². The Kier molecular flexibility index (Phi) is 3.43. The molecule has 2 aromatic heterocycles. The van der Waals surface area contributed by atoms with Gasteiger partial charge in [0.25, 0.3) is 15.6 Å². The first-order valence-electron chi connectivity index (χ1n) is 4.66. The molecular weight excluding hydrogens is 324 g/mol. The van der Waals surface area contributed by atoms with E-state index in [1.807, 2.05) is 0 Å². The number of aromatic amines is 1. The SMILES string of the molecule is O=c1ccc(NS(=O)(=O)c2cncc(Br)c2)n[nH]1. The highest BCUT2D eigenvalue weighted by molar-refractivity contribution is 9.10. The predicted octanol–water partition coefficient (Wildman–Crippen LogP) is 0.728. The summed E-state index contributed by atoms with van der Waals surface area (Å²) in [7, 11) is -3.78. The molecule has 0 aliphatic rings. The lowest BCUT2D eigenvalue weighted by Crippen LogP contribution is -2.16. The molecular formula is C9H7BrN4O3S. The van der Waals surface area contributed by atoms with Crippen LogP contribution in [-0.4, -0.2) is 23.6 Å². The molecule has 0 radical (unpaired) electrons. The van der Waals surface area contributed by atoms with Crippen molar-refractivity contribution < 1.29 is 8.42 Å². The van der Waals surface area contributed by atoms with Crippen LogP contribution in [0.1, 0.15) is 0 Å². The maximum Gasteiger partial charge on any atom is 0.264 e. The van der Waals surface area contributed by atoms with E-state index in [9.17, 15) is 13.2 Å². The highest BCUT2D eigenvalue weighted by atomic mass is 79.9. The van der Waals surface area contributed by atoms with Crippen molar-refractivity contribution in [1.29, 1.82) is 0 Å². The third kappa shape index (κ3) is 2.93. The van der Waals surface area contributed by atoms with Gasteiger partial charge in [0.05, 0.1) is 0 Å². The molecule has 0 spiro atoms. The van der Waals surface area contributed by atoms with Crippen LogP contribution >= 0.6 is 15.9 Å². The van der Waals surface area contributed by atoms with Gasteiger partial charge in [-0.15, -0.1) is 0 Å². The summed E-state index contributed by atoms with van der Waals surface area (Å²) < 4.78 is 26.6. The zero-order chi connectivity index (χ0) is 13.2. The summed E-state index contributed by atoms with van der Waals surface area (Å²) in [6, 6.07) is 3.84. The molecule has 2 N–H and O–H groups in total. The predicted molar refractivity (Wildman–Crippen MR) is 67.6 cm³/mol. The fourth-order valence-electron chi connectivity index (χ4n) is 1.14. The van der Waals surface area contributed by atoms with Gasteiger partial charge in [0.2, 0.25) is 0 Å². The zero-order valence-corrected chi connectivity index (χ0v) is 11.2. The van der Waals surface area contributed by atoms with Crippen LogP contribution in [0.2, 0.25) is 0 Å². The maximum atomic E-state index is 11.9. The van der Waals surface area contributed by atoms with E-state index in [1.165, 1.54) is 30.6 Å². The molecule has 0 fully saturated rings. The molecule has 0 bridgehead atoms. The lowest BCUT2D eigenvalue weighted by Gasteiger charge is -2.06. The number of hydrogen-bond acceptors (Lipinski definition) is 5. The standard InChI is InChI=1S/C9H7BrN4O3S/c10-6-3-7(5-11-4-6)18(16,17)14-8-1-2-9(15)13-12-8/h1-5H,(H,12,14)(H,13,15). The van der Waals surface area contributed by atoms with E-state index in [1.54, 1.807) is 0 Å². The molecule has 0 amide bonds. The number of hydrogen-bond donors (Lipinski definition) is 2. The Labute approximate surface area is 110 Å². The molecule has 0 atom stereocenters. The smallest absolute Gasteiger partial charge is 0.264 e. The van der Waals surface area contributed by atoms with E-state index >= 15 is 0 Å². The van der Waals surface area contributed by atoms with E-state index in [0.29, 0.717) is 4.47 Å². The average Bonchev–Trinajstić information content (AvgIpc) is 2.32. The molecule has 0 unspecified atom stereocenters. The fraction of sp³-hybridized carbons (Fsp3) is 0. The topological polar surface area (TPSA) is 105 Å². The van der Waals surface area contributed by atoms with Gasteiger partial charge >= 0.3 is 0 Å². The van der Waals surface area contributed by atoms with Gasteiger partial charge in [-0.25, -0.2) is 13.5 Å². The minimum Gasteiger partial charge on any atom is -0.268 e. The van der Waals surface area contributed by atoms with Crippen LogP contribution in [-0.2, 0) is 10.0 Å². The van der Waals surface area contributed by atoms with Crippen molar-refractivity contribution in [2.24, 2.45) is 0 Å². The molecule has 0 aliphatic carbocycles. The van der Waals surface area contributed by atoms with E-state index in [4.69, 9.17) is 0 Å². The summed E-state index contributed by atoms with van der Waals surface area (Å²) in [5.41, 5.74) is -0.415. The largest absolute Gasteiger partial charge is 0.268 e. The average molecular weight is 331 g/mol. The molecule has 9 heteroatoms. The van der Waals surface area contributed by atoms with Crippen molar-refractivity contribution in [3.63, 3.8) is 0 Å². The minimum absolute atomic E-state index is 0.00937.